The van der Waals surface area contributed by atoms with Gasteiger partial charge in [-0.25, -0.2) is 4.79 Å². The second kappa shape index (κ2) is 12.3. The Kier molecular flexibility index (Phi) is 11.5. The summed E-state index contributed by atoms with van der Waals surface area (Å²) in [4.78, 5) is 21.2. The van der Waals surface area contributed by atoms with Crippen molar-refractivity contribution in [2.24, 2.45) is 0 Å². The second-order valence-corrected chi connectivity index (χ2v) is 3.46. The van der Waals surface area contributed by atoms with Crippen LogP contribution < -0.4 is 5.32 Å². The smallest absolute Gasteiger partial charge is 0.329 e. The molecule has 106 valence electrons. The van der Waals surface area contributed by atoms with Crippen molar-refractivity contribution in [1.29, 1.82) is 0 Å². The number of carbonyl (C=O) groups is 2. The average Bonchev–Trinajstić information content (AvgIpc) is 2.32. The summed E-state index contributed by atoms with van der Waals surface area (Å²) in [5, 5.41) is 10.8. The fraction of sp³-hybridized carbons (Fsp3) is 0.818. The molecule has 0 bridgehead atoms. The molecule has 0 rings (SSSR count). The quantitative estimate of drug-likeness (QED) is 0.467. The van der Waals surface area contributed by atoms with E-state index < -0.39 is 12.6 Å². The van der Waals surface area contributed by atoms with Crippen LogP contribution in [-0.4, -0.2) is 63.2 Å². The van der Waals surface area contributed by atoms with Crippen molar-refractivity contribution in [3.63, 3.8) is 0 Å². The van der Waals surface area contributed by atoms with Crippen LogP contribution in [0.4, 0.5) is 0 Å². The lowest BCUT2D eigenvalue weighted by atomic mass is 10.5. The summed E-state index contributed by atoms with van der Waals surface area (Å²) in [6.45, 7) is 3.81. The molecule has 0 fully saturated rings. The van der Waals surface area contributed by atoms with Crippen LogP contribution in [-0.2, 0) is 23.8 Å². The molecule has 0 spiro atoms. The topological polar surface area (TPSA) is 94.1 Å². The Bertz CT molecular complexity index is 234. The van der Waals surface area contributed by atoms with E-state index in [1.165, 1.54) is 0 Å². The van der Waals surface area contributed by atoms with Crippen molar-refractivity contribution < 1.29 is 28.9 Å². The highest BCUT2D eigenvalue weighted by Gasteiger charge is 2.02. The normalized spacial score (nSPS) is 10.3. The highest BCUT2D eigenvalue weighted by Crippen LogP contribution is 1.82. The van der Waals surface area contributed by atoms with Gasteiger partial charge in [-0.2, -0.15) is 0 Å². The first-order valence-electron chi connectivity index (χ1n) is 5.88. The number of ether oxygens (including phenoxy) is 3. The van der Waals surface area contributed by atoms with Gasteiger partial charge in [0.05, 0.1) is 19.8 Å². The highest BCUT2D eigenvalue weighted by molar-refractivity contribution is 5.77. The van der Waals surface area contributed by atoms with Gasteiger partial charge in [0.25, 0.3) is 0 Å². The molecule has 7 nitrogen and oxygen atoms in total. The first-order chi connectivity index (χ1) is 8.66. The van der Waals surface area contributed by atoms with E-state index in [4.69, 9.17) is 14.6 Å². The molecular formula is C11H21NO6. The molecule has 0 radical (unpaired) electrons. The SMILES string of the molecule is CCCOCCOCCNC(=O)COCC(=O)O. The fourth-order valence-electron chi connectivity index (χ4n) is 1.01. The third-order valence-corrected chi connectivity index (χ3v) is 1.75. The minimum Gasteiger partial charge on any atom is -0.480 e. The van der Waals surface area contributed by atoms with Crippen LogP contribution in [0.5, 0.6) is 0 Å². The highest BCUT2D eigenvalue weighted by atomic mass is 16.5. The maximum atomic E-state index is 11.1. The number of hydrogen-bond acceptors (Lipinski definition) is 5. The summed E-state index contributed by atoms with van der Waals surface area (Å²) < 4.78 is 15.0. The molecular weight excluding hydrogens is 242 g/mol. The fourth-order valence-corrected chi connectivity index (χ4v) is 1.01. The van der Waals surface area contributed by atoms with Gasteiger partial charge in [-0.15, -0.1) is 0 Å². The summed E-state index contributed by atoms with van der Waals surface area (Å²) in [5.41, 5.74) is 0. The van der Waals surface area contributed by atoms with Crippen molar-refractivity contribution in [2.45, 2.75) is 13.3 Å². The number of carboxylic acid groups (broad SMARTS) is 1. The van der Waals surface area contributed by atoms with Crippen LogP contribution in [0.1, 0.15) is 13.3 Å². The second-order valence-electron chi connectivity index (χ2n) is 3.46. The number of carbonyl (C=O) groups excluding carboxylic acids is 1. The van der Waals surface area contributed by atoms with Crippen LogP contribution >= 0.6 is 0 Å². The number of aliphatic carboxylic acids is 1. The van der Waals surface area contributed by atoms with Gasteiger partial charge in [0.1, 0.15) is 13.2 Å². The van der Waals surface area contributed by atoms with E-state index in [0.29, 0.717) is 26.4 Å². The standard InChI is InChI=1S/C11H21NO6/c1-2-4-16-6-7-17-5-3-12-10(13)8-18-9-11(14)15/h2-9H2,1H3,(H,12,13)(H,14,15). The Morgan fingerprint density at radius 2 is 1.67 bits per heavy atom. The monoisotopic (exact) mass is 263 g/mol. The van der Waals surface area contributed by atoms with Gasteiger partial charge in [0.2, 0.25) is 5.91 Å². The lowest BCUT2D eigenvalue weighted by molar-refractivity contribution is -0.143. The van der Waals surface area contributed by atoms with E-state index >= 15 is 0 Å². The Labute approximate surface area is 106 Å². The largest absolute Gasteiger partial charge is 0.480 e. The first kappa shape index (κ1) is 16.8. The summed E-state index contributed by atoms with van der Waals surface area (Å²) in [6, 6.07) is 0. The van der Waals surface area contributed by atoms with Crippen molar-refractivity contribution >= 4 is 11.9 Å². The van der Waals surface area contributed by atoms with Crippen LogP contribution in [0, 0.1) is 0 Å². The van der Waals surface area contributed by atoms with Gasteiger partial charge in [-0.3, -0.25) is 4.79 Å². The minimum absolute atomic E-state index is 0.258. The van der Waals surface area contributed by atoms with E-state index in [0.717, 1.165) is 13.0 Å². The predicted molar refractivity (Wildman–Crippen MR) is 63.4 cm³/mol. The molecule has 0 aliphatic carbocycles. The average molecular weight is 263 g/mol. The van der Waals surface area contributed by atoms with Gasteiger partial charge in [-0.1, -0.05) is 6.92 Å². The summed E-state index contributed by atoms with van der Waals surface area (Å²) in [6.07, 6.45) is 0.979. The van der Waals surface area contributed by atoms with E-state index in [1.54, 1.807) is 0 Å². The van der Waals surface area contributed by atoms with Gasteiger partial charge < -0.3 is 24.6 Å². The summed E-state index contributed by atoms with van der Waals surface area (Å²) in [5.74, 6) is -1.46. The van der Waals surface area contributed by atoms with Crippen LogP contribution in [0.25, 0.3) is 0 Å². The molecule has 7 heteroatoms. The van der Waals surface area contributed by atoms with Crippen molar-refractivity contribution in [1.82, 2.24) is 5.32 Å². The number of hydrogen-bond donors (Lipinski definition) is 2. The molecule has 1 amide bonds. The zero-order valence-corrected chi connectivity index (χ0v) is 10.6. The minimum atomic E-state index is -1.10. The summed E-state index contributed by atoms with van der Waals surface area (Å²) in [7, 11) is 0. The van der Waals surface area contributed by atoms with Crippen LogP contribution in [0.3, 0.4) is 0 Å². The molecule has 0 aromatic rings. The Morgan fingerprint density at radius 1 is 1.00 bits per heavy atom. The van der Waals surface area contributed by atoms with E-state index in [1.807, 2.05) is 6.92 Å². The van der Waals surface area contributed by atoms with Gasteiger partial charge >= 0.3 is 5.97 Å². The molecule has 0 heterocycles. The number of carboxylic acids is 1. The Morgan fingerprint density at radius 3 is 2.28 bits per heavy atom. The molecule has 0 aromatic heterocycles. The molecule has 0 saturated carbocycles. The molecule has 0 unspecified atom stereocenters. The van der Waals surface area contributed by atoms with Gasteiger partial charge in [0, 0.05) is 13.2 Å². The predicted octanol–water partition coefficient (Wildman–Crippen LogP) is -0.353. The number of nitrogens with one attached hydrogen (secondary N) is 1. The molecule has 0 saturated heterocycles. The third-order valence-electron chi connectivity index (χ3n) is 1.75. The molecule has 0 aliphatic heterocycles. The summed E-state index contributed by atoms with van der Waals surface area (Å²) >= 11 is 0. The van der Waals surface area contributed by atoms with Gasteiger partial charge in [-0.05, 0) is 6.42 Å². The lowest BCUT2D eigenvalue weighted by Gasteiger charge is -2.06. The number of amides is 1. The van der Waals surface area contributed by atoms with E-state index in [-0.39, 0.29) is 12.5 Å². The van der Waals surface area contributed by atoms with Crippen molar-refractivity contribution in [3.8, 4) is 0 Å². The Hall–Kier alpha value is -1.18. The molecule has 0 atom stereocenters. The van der Waals surface area contributed by atoms with Crippen LogP contribution in [0.2, 0.25) is 0 Å². The maximum Gasteiger partial charge on any atom is 0.329 e. The number of rotatable bonds is 12. The molecule has 0 aromatic carbocycles. The van der Waals surface area contributed by atoms with Crippen molar-refractivity contribution in [3.05, 3.63) is 0 Å². The zero-order chi connectivity index (χ0) is 13.6. The zero-order valence-electron chi connectivity index (χ0n) is 10.6. The molecule has 2 N–H and O–H groups in total. The van der Waals surface area contributed by atoms with Crippen molar-refractivity contribution in [2.75, 3.05) is 46.2 Å². The molecule has 0 aliphatic rings. The third kappa shape index (κ3) is 12.9. The lowest BCUT2D eigenvalue weighted by Crippen LogP contribution is -2.31. The van der Waals surface area contributed by atoms with Crippen LogP contribution in [0.15, 0.2) is 0 Å². The maximum absolute atomic E-state index is 11.1. The van der Waals surface area contributed by atoms with Gasteiger partial charge in [0.15, 0.2) is 0 Å². The molecule has 18 heavy (non-hydrogen) atoms. The van der Waals surface area contributed by atoms with E-state index in [2.05, 4.69) is 10.1 Å². The first-order valence-corrected chi connectivity index (χ1v) is 5.88. The van der Waals surface area contributed by atoms with E-state index in [9.17, 15) is 9.59 Å². The Balaban J connectivity index is 3.17.